The summed E-state index contributed by atoms with van der Waals surface area (Å²) in [5.74, 6) is -3.79. The lowest BCUT2D eigenvalue weighted by molar-refractivity contribution is -0.351. The van der Waals surface area contributed by atoms with Crippen LogP contribution in [0.2, 0.25) is 0 Å². The third kappa shape index (κ3) is 11.8. The zero-order chi connectivity index (χ0) is 47.6. The Morgan fingerprint density at radius 1 is 0.537 bits per heavy atom. The van der Waals surface area contributed by atoms with Gasteiger partial charge in [0.25, 0.3) is 11.8 Å². The van der Waals surface area contributed by atoms with E-state index in [-0.39, 0.29) is 36.7 Å². The molecular formula is C49H51NO17. The van der Waals surface area contributed by atoms with Crippen LogP contribution in [0.25, 0.3) is 0 Å². The Morgan fingerprint density at radius 2 is 1.04 bits per heavy atom. The molecule has 0 aromatic heterocycles. The lowest BCUT2D eigenvalue weighted by atomic mass is 9.93. The summed E-state index contributed by atoms with van der Waals surface area (Å²) >= 11 is 0. The summed E-state index contributed by atoms with van der Waals surface area (Å²) in [5.41, 5.74) is 1.78. The van der Waals surface area contributed by atoms with Crippen molar-refractivity contribution in [3.8, 4) is 11.5 Å². The van der Waals surface area contributed by atoms with Gasteiger partial charge in [0.2, 0.25) is 6.29 Å². The van der Waals surface area contributed by atoms with Crippen LogP contribution in [0.5, 0.6) is 11.5 Å². The highest BCUT2D eigenvalue weighted by Crippen LogP contribution is 2.39. The van der Waals surface area contributed by atoms with Gasteiger partial charge in [0, 0.05) is 27.7 Å². The van der Waals surface area contributed by atoms with Crippen LogP contribution in [0.4, 0.5) is 0 Å². The van der Waals surface area contributed by atoms with E-state index in [0.29, 0.717) is 11.3 Å². The maximum atomic E-state index is 14.6. The first-order valence-electron chi connectivity index (χ1n) is 21.5. The van der Waals surface area contributed by atoms with E-state index < -0.39 is 104 Å². The molecule has 2 amide bonds. The minimum Gasteiger partial charge on any atom is -0.497 e. The highest BCUT2D eigenvalue weighted by molar-refractivity contribution is 6.21. The SMILES string of the molecule is COc1ccc(O[C@@H]2O[C@H](COCc3ccccc3)[C@@H](O[C@@H]3O[C@H](COC(C)=O)[C@@H](OC(C)=O)[C@H](OC(C)=O)[C@H]3OC(C)=O)[C@H](OCc3ccccc3)[C@H]2N2C(=O)c3ccccc3C2=O)cc1. The fraction of sp³-hybridized carbons (Fsp3) is 0.388. The Labute approximate surface area is 386 Å². The van der Waals surface area contributed by atoms with Crippen LogP contribution in [0.15, 0.2) is 109 Å². The predicted molar refractivity (Wildman–Crippen MR) is 231 cm³/mol. The number of hydrogen-bond acceptors (Lipinski definition) is 17. The minimum atomic E-state index is -1.74. The summed E-state index contributed by atoms with van der Waals surface area (Å²) in [7, 11) is 1.51. The summed E-state index contributed by atoms with van der Waals surface area (Å²) in [6.45, 7) is 3.70. The molecular weight excluding hydrogens is 875 g/mol. The standard InChI is InChI=1S/C49H51NO17/c1-28(51)59-27-39-42(61-29(2)52)44(62-30(3)53)45(63-31(4)54)49(66-39)67-41-38(26-58-24-32-14-8-6-9-15-32)65-48(64-35-22-20-34(57-5)21-23-35)40(43(41)60-25-33-16-10-7-11-17-33)50-46(55)36-18-12-13-19-37(36)47(50)56/h6-23,38-45,48-49H,24-27H2,1-5H3/t38-,39-,40-,41-,42-,43-,44+,45-,48-,49+/m1/s1. The highest BCUT2D eigenvalue weighted by atomic mass is 16.8. The van der Waals surface area contributed by atoms with E-state index in [4.69, 9.17) is 52.1 Å². The lowest BCUT2D eigenvalue weighted by Gasteiger charge is -2.50. The van der Waals surface area contributed by atoms with E-state index in [2.05, 4.69) is 0 Å². The number of carbonyl (C=O) groups excluding carboxylic acids is 6. The molecule has 18 heteroatoms. The van der Waals surface area contributed by atoms with Crippen LogP contribution in [0.3, 0.4) is 0 Å². The molecule has 67 heavy (non-hydrogen) atoms. The van der Waals surface area contributed by atoms with Gasteiger partial charge in [0.05, 0.1) is 38.1 Å². The van der Waals surface area contributed by atoms with Gasteiger partial charge in [-0.2, -0.15) is 0 Å². The van der Waals surface area contributed by atoms with Gasteiger partial charge in [0.1, 0.15) is 48.6 Å². The van der Waals surface area contributed by atoms with Crippen molar-refractivity contribution < 1.29 is 80.9 Å². The van der Waals surface area contributed by atoms with Crippen LogP contribution < -0.4 is 9.47 Å². The fourth-order valence-corrected chi connectivity index (χ4v) is 8.10. The molecule has 0 N–H and O–H groups in total. The van der Waals surface area contributed by atoms with Gasteiger partial charge < -0.3 is 52.1 Å². The molecule has 3 heterocycles. The van der Waals surface area contributed by atoms with Gasteiger partial charge in [0.15, 0.2) is 24.6 Å². The van der Waals surface area contributed by atoms with Crippen molar-refractivity contribution in [2.24, 2.45) is 0 Å². The zero-order valence-electron chi connectivity index (χ0n) is 37.4. The van der Waals surface area contributed by atoms with Crippen molar-refractivity contribution in [3.05, 3.63) is 131 Å². The summed E-state index contributed by atoms with van der Waals surface area (Å²) in [4.78, 5) is 80.5. The Balaban J connectivity index is 1.37. The molecule has 2 fully saturated rings. The number of ether oxygens (including phenoxy) is 11. The molecule has 0 aliphatic carbocycles. The molecule has 0 unspecified atom stereocenters. The number of methoxy groups -OCH3 is 1. The molecule has 10 atom stereocenters. The van der Waals surface area contributed by atoms with Crippen LogP contribution >= 0.6 is 0 Å². The number of benzene rings is 4. The summed E-state index contributed by atoms with van der Waals surface area (Å²) < 4.78 is 67.6. The lowest BCUT2D eigenvalue weighted by Crippen LogP contribution is -2.70. The minimum absolute atomic E-state index is 0.101. The molecule has 3 aliphatic heterocycles. The van der Waals surface area contributed by atoms with Gasteiger partial charge in [-0.05, 0) is 47.5 Å². The first kappa shape index (κ1) is 48.2. The monoisotopic (exact) mass is 925 g/mol. The van der Waals surface area contributed by atoms with Crippen molar-refractivity contribution in [2.45, 2.75) is 102 Å². The molecule has 0 bridgehead atoms. The third-order valence-electron chi connectivity index (χ3n) is 11.0. The zero-order valence-corrected chi connectivity index (χ0v) is 37.4. The Morgan fingerprint density at radius 3 is 1.61 bits per heavy atom. The van der Waals surface area contributed by atoms with Crippen molar-refractivity contribution >= 4 is 35.7 Å². The molecule has 3 aliphatic rings. The average Bonchev–Trinajstić information content (AvgIpc) is 3.56. The quantitative estimate of drug-likeness (QED) is 0.0751. The van der Waals surface area contributed by atoms with Crippen molar-refractivity contribution in [2.75, 3.05) is 20.3 Å². The van der Waals surface area contributed by atoms with Gasteiger partial charge >= 0.3 is 23.9 Å². The number of amides is 2. The van der Waals surface area contributed by atoms with Crippen molar-refractivity contribution in [1.29, 1.82) is 0 Å². The molecule has 0 spiro atoms. The number of esters is 4. The molecule has 4 aromatic carbocycles. The van der Waals surface area contributed by atoms with Gasteiger partial charge in [-0.1, -0.05) is 72.8 Å². The topological polar surface area (TPSA) is 207 Å². The Hall–Kier alpha value is -6.70. The average molecular weight is 926 g/mol. The number of carbonyl (C=O) groups is 6. The molecule has 4 aromatic rings. The van der Waals surface area contributed by atoms with E-state index in [1.807, 2.05) is 60.7 Å². The molecule has 7 rings (SSSR count). The van der Waals surface area contributed by atoms with Crippen LogP contribution in [0, 0.1) is 0 Å². The van der Waals surface area contributed by atoms with Crippen LogP contribution in [-0.4, -0.2) is 122 Å². The second-order valence-corrected chi connectivity index (χ2v) is 15.8. The summed E-state index contributed by atoms with van der Waals surface area (Å²) in [6.07, 6.45) is -13.3. The van der Waals surface area contributed by atoms with E-state index in [1.54, 1.807) is 36.4 Å². The first-order valence-corrected chi connectivity index (χ1v) is 21.5. The maximum Gasteiger partial charge on any atom is 0.303 e. The predicted octanol–water partition coefficient (Wildman–Crippen LogP) is 4.73. The normalized spacial score (nSPS) is 25.7. The third-order valence-corrected chi connectivity index (χ3v) is 11.0. The smallest absolute Gasteiger partial charge is 0.303 e. The van der Waals surface area contributed by atoms with E-state index in [0.717, 1.165) is 38.2 Å². The Kier molecular flexibility index (Phi) is 16.0. The molecule has 2 saturated heterocycles. The summed E-state index contributed by atoms with van der Waals surface area (Å²) in [5, 5.41) is 0. The van der Waals surface area contributed by atoms with E-state index in [9.17, 15) is 28.8 Å². The van der Waals surface area contributed by atoms with E-state index >= 15 is 0 Å². The largest absolute Gasteiger partial charge is 0.497 e. The molecule has 0 radical (unpaired) electrons. The molecule has 18 nitrogen and oxygen atoms in total. The molecule has 0 saturated carbocycles. The second kappa shape index (κ2) is 22.2. The second-order valence-electron chi connectivity index (χ2n) is 15.8. The molecule has 354 valence electrons. The van der Waals surface area contributed by atoms with Crippen LogP contribution in [0.1, 0.15) is 59.5 Å². The van der Waals surface area contributed by atoms with Gasteiger partial charge in [-0.15, -0.1) is 0 Å². The Bertz CT molecular complexity index is 2330. The number of fused-ring (bicyclic) bond motifs is 1. The van der Waals surface area contributed by atoms with Gasteiger partial charge in [-0.25, -0.2) is 0 Å². The van der Waals surface area contributed by atoms with Crippen molar-refractivity contribution in [3.63, 3.8) is 0 Å². The number of rotatable bonds is 18. The number of nitrogens with zero attached hydrogens (tertiary/aromatic N) is 1. The fourth-order valence-electron chi connectivity index (χ4n) is 8.10. The highest BCUT2D eigenvalue weighted by Gasteiger charge is 2.59. The number of hydrogen-bond donors (Lipinski definition) is 0. The van der Waals surface area contributed by atoms with Crippen LogP contribution in [-0.2, 0) is 75.0 Å². The van der Waals surface area contributed by atoms with Gasteiger partial charge in [-0.3, -0.25) is 33.7 Å². The first-order chi connectivity index (χ1) is 32.3. The summed E-state index contributed by atoms with van der Waals surface area (Å²) in [6, 6.07) is 29.9. The maximum absolute atomic E-state index is 14.6. The van der Waals surface area contributed by atoms with Crippen molar-refractivity contribution in [1.82, 2.24) is 4.90 Å². The van der Waals surface area contributed by atoms with E-state index in [1.165, 1.54) is 19.2 Å². The number of imide groups is 1.